The summed E-state index contributed by atoms with van der Waals surface area (Å²) in [5.74, 6) is 0. The number of thiophene rings is 1. The molecule has 0 fully saturated rings. The zero-order chi connectivity index (χ0) is 10.8. The fourth-order valence-corrected chi connectivity index (χ4v) is 3.93. The van der Waals surface area contributed by atoms with E-state index in [9.17, 15) is 8.42 Å². The molecule has 4 nitrogen and oxygen atoms in total. The molecule has 0 aromatic carbocycles. The van der Waals surface area contributed by atoms with Crippen molar-refractivity contribution in [2.24, 2.45) is 0 Å². The molecule has 8 heteroatoms. The quantitative estimate of drug-likeness (QED) is 0.871. The van der Waals surface area contributed by atoms with E-state index in [0.717, 1.165) is 11.3 Å². The number of halogens is 2. The number of nitrogens with one attached hydrogen (secondary N) is 1. The van der Waals surface area contributed by atoms with Crippen LogP contribution >= 0.6 is 34.5 Å². The first-order chi connectivity index (χ1) is 6.47. The molecule has 0 bridgehead atoms. The standard InChI is InChI=1S/C6H7Cl2NO3S2/c7-5-3-4(6(8)13-5)14(11,12)9-1-2-10/h3,9-10H,1-2H2. The summed E-state index contributed by atoms with van der Waals surface area (Å²) in [6, 6.07) is 1.27. The van der Waals surface area contributed by atoms with Gasteiger partial charge in [0.2, 0.25) is 10.0 Å². The molecule has 0 aliphatic carbocycles. The lowest BCUT2D eigenvalue weighted by Gasteiger charge is -2.02. The van der Waals surface area contributed by atoms with E-state index in [1.165, 1.54) is 6.07 Å². The molecule has 0 unspecified atom stereocenters. The Bertz CT molecular complexity index is 415. The molecule has 1 aromatic rings. The highest BCUT2D eigenvalue weighted by Gasteiger charge is 2.19. The molecule has 0 amide bonds. The van der Waals surface area contributed by atoms with Gasteiger partial charge in [0, 0.05) is 6.54 Å². The lowest BCUT2D eigenvalue weighted by atomic mass is 10.7. The van der Waals surface area contributed by atoms with E-state index in [-0.39, 0.29) is 22.4 Å². The van der Waals surface area contributed by atoms with Crippen molar-refractivity contribution in [2.45, 2.75) is 4.90 Å². The van der Waals surface area contributed by atoms with Gasteiger partial charge in [0.25, 0.3) is 0 Å². The van der Waals surface area contributed by atoms with Crippen LogP contribution in [0.3, 0.4) is 0 Å². The average Bonchev–Trinajstić information content (AvgIpc) is 2.42. The van der Waals surface area contributed by atoms with Crippen LogP contribution in [0.25, 0.3) is 0 Å². The first-order valence-electron chi connectivity index (χ1n) is 3.52. The third-order valence-electron chi connectivity index (χ3n) is 1.32. The molecular weight excluding hydrogens is 269 g/mol. The molecule has 0 aliphatic rings. The Hall–Kier alpha value is 0.150. The van der Waals surface area contributed by atoms with E-state index in [2.05, 4.69) is 4.72 Å². The maximum Gasteiger partial charge on any atom is 0.243 e. The van der Waals surface area contributed by atoms with Crippen molar-refractivity contribution in [1.29, 1.82) is 0 Å². The molecule has 14 heavy (non-hydrogen) atoms. The second kappa shape index (κ2) is 4.78. The smallest absolute Gasteiger partial charge is 0.243 e. The molecular formula is C6H7Cl2NO3S2. The van der Waals surface area contributed by atoms with Crippen molar-refractivity contribution in [3.63, 3.8) is 0 Å². The minimum atomic E-state index is -3.65. The Morgan fingerprint density at radius 2 is 2.14 bits per heavy atom. The van der Waals surface area contributed by atoms with Crippen molar-refractivity contribution in [3.8, 4) is 0 Å². The summed E-state index contributed by atoms with van der Waals surface area (Å²) >= 11 is 12.2. The molecule has 1 rings (SSSR count). The zero-order valence-electron chi connectivity index (χ0n) is 6.83. The topological polar surface area (TPSA) is 66.4 Å². The summed E-state index contributed by atoms with van der Waals surface area (Å²) in [6.45, 7) is -0.319. The summed E-state index contributed by atoms with van der Waals surface area (Å²) in [5.41, 5.74) is 0. The highest BCUT2D eigenvalue weighted by molar-refractivity contribution is 7.89. The van der Waals surface area contributed by atoms with Gasteiger partial charge in [-0.3, -0.25) is 0 Å². The molecule has 0 aliphatic heterocycles. The summed E-state index contributed by atoms with van der Waals surface area (Å²) in [6.07, 6.45) is 0. The predicted molar refractivity (Wildman–Crippen MR) is 56.6 cm³/mol. The summed E-state index contributed by atoms with van der Waals surface area (Å²) in [7, 11) is -3.65. The van der Waals surface area contributed by atoms with E-state index >= 15 is 0 Å². The van der Waals surface area contributed by atoms with E-state index in [1.807, 2.05) is 0 Å². The van der Waals surface area contributed by atoms with Crippen LogP contribution in [0.5, 0.6) is 0 Å². The Kier molecular flexibility index (Phi) is 4.17. The first kappa shape index (κ1) is 12.2. The van der Waals surface area contributed by atoms with Crippen LogP contribution in [0.4, 0.5) is 0 Å². The van der Waals surface area contributed by atoms with Crippen LogP contribution in [-0.4, -0.2) is 26.7 Å². The number of hydrogen-bond acceptors (Lipinski definition) is 4. The lowest BCUT2D eigenvalue weighted by Crippen LogP contribution is -2.26. The largest absolute Gasteiger partial charge is 0.395 e. The van der Waals surface area contributed by atoms with E-state index in [0.29, 0.717) is 4.34 Å². The molecule has 1 aromatic heterocycles. The summed E-state index contributed by atoms with van der Waals surface area (Å²) in [5, 5.41) is 8.47. The SMILES string of the molecule is O=S(=O)(NCCO)c1cc(Cl)sc1Cl. The molecule has 0 spiro atoms. The first-order valence-corrected chi connectivity index (χ1v) is 6.58. The van der Waals surface area contributed by atoms with Gasteiger partial charge in [0.1, 0.15) is 9.23 Å². The highest BCUT2D eigenvalue weighted by Crippen LogP contribution is 2.33. The Labute approximate surface area is 95.5 Å². The van der Waals surface area contributed by atoms with Gasteiger partial charge in [-0.1, -0.05) is 23.2 Å². The average molecular weight is 276 g/mol. The van der Waals surface area contributed by atoms with Gasteiger partial charge in [0.15, 0.2) is 0 Å². The van der Waals surface area contributed by atoms with Crippen LogP contribution in [0.2, 0.25) is 8.67 Å². The van der Waals surface area contributed by atoms with Crippen molar-refractivity contribution in [2.75, 3.05) is 13.2 Å². The van der Waals surface area contributed by atoms with Crippen molar-refractivity contribution in [1.82, 2.24) is 4.72 Å². The monoisotopic (exact) mass is 275 g/mol. The third kappa shape index (κ3) is 2.82. The van der Waals surface area contributed by atoms with Crippen molar-refractivity contribution >= 4 is 44.6 Å². The predicted octanol–water partition coefficient (Wildman–Crippen LogP) is 1.33. The van der Waals surface area contributed by atoms with Gasteiger partial charge in [0.05, 0.1) is 10.9 Å². The van der Waals surface area contributed by atoms with Gasteiger partial charge < -0.3 is 5.11 Å². The van der Waals surface area contributed by atoms with Gasteiger partial charge >= 0.3 is 0 Å². The van der Waals surface area contributed by atoms with Crippen LogP contribution in [-0.2, 0) is 10.0 Å². The van der Waals surface area contributed by atoms with Crippen LogP contribution in [0.1, 0.15) is 0 Å². The fourth-order valence-electron chi connectivity index (χ4n) is 0.766. The second-order valence-electron chi connectivity index (χ2n) is 2.31. The summed E-state index contributed by atoms with van der Waals surface area (Å²) < 4.78 is 25.5. The number of aliphatic hydroxyl groups excluding tert-OH is 1. The minimum absolute atomic E-state index is 0.0495. The summed E-state index contributed by atoms with van der Waals surface area (Å²) in [4.78, 5) is -0.0531. The Balaban J connectivity index is 2.98. The molecule has 80 valence electrons. The number of hydrogen-bond donors (Lipinski definition) is 2. The van der Waals surface area contributed by atoms with Crippen molar-refractivity contribution in [3.05, 3.63) is 14.7 Å². The van der Waals surface area contributed by atoms with Crippen LogP contribution in [0, 0.1) is 0 Å². The number of rotatable bonds is 4. The Morgan fingerprint density at radius 1 is 1.50 bits per heavy atom. The molecule has 1 heterocycles. The highest BCUT2D eigenvalue weighted by atomic mass is 35.5. The third-order valence-corrected chi connectivity index (χ3v) is 4.53. The lowest BCUT2D eigenvalue weighted by molar-refractivity contribution is 0.301. The van der Waals surface area contributed by atoms with Gasteiger partial charge in [-0.25, -0.2) is 13.1 Å². The normalized spacial score (nSPS) is 11.9. The fraction of sp³-hybridized carbons (Fsp3) is 0.333. The number of aliphatic hydroxyl groups is 1. The number of sulfonamides is 1. The van der Waals surface area contributed by atoms with Crippen LogP contribution in [0.15, 0.2) is 11.0 Å². The molecule has 2 N–H and O–H groups in total. The van der Waals surface area contributed by atoms with Gasteiger partial charge in [-0.15, -0.1) is 11.3 Å². The van der Waals surface area contributed by atoms with Crippen LogP contribution < -0.4 is 4.72 Å². The molecule has 0 saturated carbocycles. The van der Waals surface area contributed by atoms with E-state index < -0.39 is 10.0 Å². The Morgan fingerprint density at radius 3 is 2.57 bits per heavy atom. The second-order valence-corrected chi connectivity index (χ2v) is 6.33. The maximum absolute atomic E-state index is 11.5. The van der Waals surface area contributed by atoms with Gasteiger partial charge in [-0.05, 0) is 6.07 Å². The molecule has 0 saturated heterocycles. The van der Waals surface area contributed by atoms with Gasteiger partial charge in [-0.2, -0.15) is 0 Å². The van der Waals surface area contributed by atoms with E-state index in [1.54, 1.807) is 0 Å². The molecule has 0 radical (unpaired) electrons. The van der Waals surface area contributed by atoms with Crippen molar-refractivity contribution < 1.29 is 13.5 Å². The zero-order valence-corrected chi connectivity index (χ0v) is 9.97. The van der Waals surface area contributed by atoms with E-state index in [4.69, 9.17) is 28.3 Å². The minimum Gasteiger partial charge on any atom is -0.395 e. The maximum atomic E-state index is 11.5. The molecule has 0 atom stereocenters.